The third-order valence-corrected chi connectivity index (χ3v) is 7.07. The van der Waals surface area contributed by atoms with Crippen LogP contribution >= 0.6 is 0 Å². The molecule has 5 nitrogen and oxygen atoms in total. The molecule has 186 valence electrons. The number of phenols is 1. The summed E-state index contributed by atoms with van der Waals surface area (Å²) in [6, 6.07) is 9.22. The van der Waals surface area contributed by atoms with E-state index < -0.39 is 11.8 Å². The monoisotopic (exact) mass is 476 g/mol. The van der Waals surface area contributed by atoms with Crippen molar-refractivity contribution < 1.29 is 24.2 Å². The number of carbonyl (C=O) groups is 2. The van der Waals surface area contributed by atoms with Crippen molar-refractivity contribution in [3.05, 3.63) is 69.8 Å². The Hall–Kier alpha value is -3.08. The van der Waals surface area contributed by atoms with Gasteiger partial charge in [-0.1, -0.05) is 61.2 Å². The van der Waals surface area contributed by atoms with Crippen LogP contribution in [0.2, 0.25) is 0 Å². The van der Waals surface area contributed by atoms with E-state index in [1.165, 1.54) is 12.5 Å². The molecular formula is C30H36O5. The first kappa shape index (κ1) is 25.0. The topological polar surface area (TPSA) is 72.8 Å². The lowest BCUT2D eigenvalue weighted by Gasteiger charge is -2.40. The van der Waals surface area contributed by atoms with E-state index >= 15 is 0 Å². The molecule has 2 unspecified atom stereocenters. The van der Waals surface area contributed by atoms with Gasteiger partial charge in [0, 0.05) is 17.0 Å². The Balaban J connectivity index is 1.91. The van der Waals surface area contributed by atoms with E-state index in [0.29, 0.717) is 28.9 Å². The molecule has 0 aromatic heterocycles. The van der Waals surface area contributed by atoms with E-state index in [9.17, 15) is 14.7 Å². The Morgan fingerprint density at radius 2 is 1.89 bits per heavy atom. The van der Waals surface area contributed by atoms with E-state index in [1.807, 2.05) is 31.2 Å². The van der Waals surface area contributed by atoms with E-state index in [0.717, 1.165) is 49.7 Å². The maximum Gasteiger partial charge on any atom is 0.345 e. The predicted molar refractivity (Wildman–Crippen MR) is 136 cm³/mol. The van der Waals surface area contributed by atoms with Crippen LogP contribution in [0.3, 0.4) is 0 Å². The SMILES string of the molecule is CCCCCc1cc(O)c(C2C=C(C)CCC2)c2c1C(=O)OC(CC(C)=O)(c1ccc(C)cc1)O2. The van der Waals surface area contributed by atoms with Gasteiger partial charge in [0.2, 0.25) is 0 Å². The Bertz CT molecular complexity index is 1140. The summed E-state index contributed by atoms with van der Waals surface area (Å²) < 4.78 is 12.6. The van der Waals surface area contributed by atoms with Crippen molar-refractivity contribution in [2.45, 2.75) is 90.8 Å². The largest absolute Gasteiger partial charge is 0.507 e. The van der Waals surface area contributed by atoms with Crippen molar-refractivity contribution in [2.75, 3.05) is 0 Å². The van der Waals surface area contributed by atoms with Gasteiger partial charge in [-0.2, -0.15) is 0 Å². The minimum absolute atomic E-state index is 0.0684. The van der Waals surface area contributed by atoms with Gasteiger partial charge in [-0.3, -0.25) is 4.79 Å². The molecular weight excluding hydrogens is 440 g/mol. The first-order valence-electron chi connectivity index (χ1n) is 12.8. The Morgan fingerprint density at radius 3 is 2.54 bits per heavy atom. The molecule has 35 heavy (non-hydrogen) atoms. The summed E-state index contributed by atoms with van der Waals surface area (Å²) in [5.74, 6) is -1.79. The molecule has 1 aliphatic carbocycles. The Labute approximate surface area is 208 Å². The van der Waals surface area contributed by atoms with Gasteiger partial charge in [0.1, 0.15) is 22.8 Å². The fourth-order valence-corrected chi connectivity index (χ4v) is 5.31. The highest BCUT2D eigenvalue weighted by Gasteiger charge is 2.48. The van der Waals surface area contributed by atoms with Gasteiger partial charge in [0.15, 0.2) is 0 Å². The summed E-state index contributed by atoms with van der Waals surface area (Å²) in [5, 5.41) is 11.3. The molecule has 0 bridgehead atoms. The lowest BCUT2D eigenvalue weighted by atomic mass is 9.82. The number of Topliss-reactive ketones (excluding diaryl/α,β-unsaturated/α-hetero) is 1. The van der Waals surface area contributed by atoms with Crippen LogP contribution in [0.25, 0.3) is 0 Å². The summed E-state index contributed by atoms with van der Waals surface area (Å²) >= 11 is 0. The number of esters is 1. The van der Waals surface area contributed by atoms with Gasteiger partial charge < -0.3 is 14.6 Å². The number of ketones is 1. The molecule has 2 aromatic rings. The Kier molecular flexibility index (Phi) is 7.34. The maximum absolute atomic E-state index is 13.7. The predicted octanol–water partition coefficient (Wildman–Crippen LogP) is 7.03. The molecule has 0 saturated carbocycles. The fourth-order valence-electron chi connectivity index (χ4n) is 5.31. The van der Waals surface area contributed by atoms with Crippen LogP contribution < -0.4 is 4.74 Å². The molecule has 1 N–H and O–H groups in total. The van der Waals surface area contributed by atoms with Crippen LogP contribution in [0.1, 0.15) is 104 Å². The van der Waals surface area contributed by atoms with Crippen molar-refractivity contribution in [3.63, 3.8) is 0 Å². The van der Waals surface area contributed by atoms with Crippen LogP contribution in [0.15, 0.2) is 42.0 Å². The second-order valence-electron chi connectivity index (χ2n) is 10.1. The highest BCUT2D eigenvalue weighted by Crippen LogP contribution is 2.50. The summed E-state index contributed by atoms with van der Waals surface area (Å²) in [6.45, 7) is 7.66. The molecule has 0 radical (unpaired) electrons. The minimum Gasteiger partial charge on any atom is -0.507 e. The van der Waals surface area contributed by atoms with Crippen molar-refractivity contribution in [3.8, 4) is 11.5 Å². The first-order valence-corrected chi connectivity index (χ1v) is 12.8. The number of rotatable bonds is 8. The summed E-state index contributed by atoms with van der Waals surface area (Å²) in [4.78, 5) is 26.1. The average Bonchev–Trinajstić information content (AvgIpc) is 2.78. The fraction of sp³-hybridized carbons (Fsp3) is 0.467. The number of aryl methyl sites for hydroxylation is 2. The molecule has 1 aliphatic heterocycles. The number of phenolic OH excluding ortho intramolecular Hbond substituents is 1. The van der Waals surface area contributed by atoms with Crippen molar-refractivity contribution in [1.29, 1.82) is 0 Å². The number of hydrogen-bond acceptors (Lipinski definition) is 5. The van der Waals surface area contributed by atoms with Crippen LogP contribution in [-0.2, 0) is 21.7 Å². The third-order valence-electron chi connectivity index (χ3n) is 7.07. The van der Waals surface area contributed by atoms with E-state index in [1.54, 1.807) is 6.07 Å². The minimum atomic E-state index is -1.57. The normalized spacial score (nSPS) is 21.5. The number of ether oxygens (including phenoxy) is 2. The first-order chi connectivity index (χ1) is 16.7. The number of cyclic esters (lactones) is 1. The van der Waals surface area contributed by atoms with Crippen LogP contribution in [0.5, 0.6) is 11.5 Å². The zero-order valence-electron chi connectivity index (χ0n) is 21.3. The number of carbonyl (C=O) groups excluding carboxylic acids is 2. The van der Waals surface area contributed by atoms with Crippen molar-refractivity contribution >= 4 is 11.8 Å². The molecule has 5 heteroatoms. The van der Waals surface area contributed by atoms with Crippen LogP contribution in [0, 0.1) is 6.92 Å². The van der Waals surface area contributed by atoms with Crippen molar-refractivity contribution in [1.82, 2.24) is 0 Å². The van der Waals surface area contributed by atoms with Gasteiger partial charge in [-0.25, -0.2) is 4.79 Å². The second-order valence-corrected chi connectivity index (χ2v) is 10.1. The summed E-state index contributed by atoms with van der Waals surface area (Å²) in [5.41, 5.74) is 4.65. The number of unbranched alkanes of at least 4 members (excludes halogenated alkanes) is 2. The number of aromatic hydroxyl groups is 1. The number of allylic oxidation sites excluding steroid dienone is 2. The van der Waals surface area contributed by atoms with Gasteiger partial charge in [0.25, 0.3) is 5.79 Å². The lowest BCUT2D eigenvalue weighted by molar-refractivity contribution is -0.172. The van der Waals surface area contributed by atoms with E-state index in [4.69, 9.17) is 9.47 Å². The van der Waals surface area contributed by atoms with Crippen LogP contribution in [0.4, 0.5) is 0 Å². The quantitative estimate of drug-likeness (QED) is 0.252. The summed E-state index contributed by atoms with van der Waals surface area (Å²) in [7, 11) is 0. The average molecular weight is 477 g/mol. The van der Waals surface area contributed by atoms with Crippen LogP contribution in [-0.4, -0.2) is 16.9 Å². The van der Waals surface area contributed by atoms with Crippen molar-refractivity contribution in [2.24, 2.45) is 0 Å². The summed E-state index contributed by atoms with van der Waals surface area (Å²) in [6.07, 6.45) is 8.55. The number of benzene rings is 2. The number of fused-ring (bicyclic) bond motifs is 1. The van der Waals surface area contributed by atoms with Gasteiger partial charge in [0.05, 0.1) is 6.42 Å². The van der Waals surface area contributed by atoms with E-state index in [2.05, 4.69) is 19.9 Å². The third kappa shape index (κ3) is 5.14. The van der Waals surface area contributed by atoms with Gasteiger partial charge in [-0.05, 0) is 64.5 Å². The molecule has 0 fully saturated rings. The number of hydrogen-bond donors (Lipinski definition) is 1. The maximum atomic E-state index is 13.7. The molecule has 0 saturated heterocycles. The van der Waals surface area contributed by atoms with Gasteiger partial charge in [-0.15, -0.1) is 0 Å². The van der Waals surface area contributed by atoms with Gasteiger partial charge >= 0.3 is 5.97 Å². The molecule has 2 aromatic carbocycles. The molecule has 4 rings (SSSR count). The molecule has 0 amide bonds. The highest BCUT2D eigenvalue weighted by molar-refractivity contribution is 5.97. The molecule has 1 heterocycles. The molecule has 2 aliphatic rings. The highest BCUT2D eigenvalue weighted by atomic mass is 16.7. The van der Waals surface area contributed by atoms with E-state index in [-0.39, 0.29) is 23.9 Å². The zero-order valence-corrected chi connectivity index (χ0v) is 21.3. The standard InChI is InChI=1S/C30H36O5/c1-5-6-7-10-23-17-25(32)26(22-11-8-9-20(3)16-22)28-27(23)29(33)35-30(34-28,18-21(4)31)24-14-12-19(2)13-15-24/h12-17,22,32H,5-11,18H2,1-4H3. The molecule has 2 atom stereocenters. The lowest BCUT2D eigenvalue weighted by Crippen LogP contribution is -2.44. The molecule has 0 spiro atoms. The Morgan fingerprint density at radius 1 is 1.14 bits per heavy atom. The zero-order chi connectivity index (χ0) is 25.2. The smallest absolute Gasteiger partial charge is 0.345 e. The second kappa shape index (κ2) is 10.3.